The van der Waals surface area contributed by atoms with E-state index in [0.29, 0.717) is 0 Å². The van der Waals surface area contributed by atoms with Gasteiger partial charge in [0.25, 0.3) is 0 Å². The van der Waals surface area contributed by atoms with Crippen molar-refractivity contribution >= 4 is 21.5 Å². The summed E-state index contributed by atoms with van der Waals surface area (Å²) >= 11 is 3.37. The molecule has 0 atom stereocenters. The number of hydrogen-bond acceptors (Lipinski definition) is 1. The molecule has 0 unspecified atom stereocenters. The summed E-state index contributed by atoms with van der Waals surface area (Å²) in [4.78, 5) is 0. The molecule has 1 aromatic carbocycles. The summed E-state index contributed by atoms with van der Waals surface area (Å²) in [6.07, 6.45) is 1.64. The van der Waals surface area contributed by atoms with Crippen LogP contribution in [0.4, 0.5) is 0 Å². The predicted molar refractivity (Wildman–Crippen MR) is 60.9 cm³/mol. The monoisotopic (exact) mass is 250 g/mol. The van der Waals surface area contributed by atoms with E-state index >= 15 is 0 Å². The van der Waals surface area contributed by atoms with E-state index in [0.717, 1.165) is 28.5 Å². The fraction of sp³-hybridized carbons (Fsp3) is 0.250. The lowest BCUT2D eigenvalue weighted by Crippen LogP contribution is -2.08. The molecule has 0 aromatic heterocycles. The van der Waals surface area contributed by atoms with Gasteiger partial charge < -0.3 is 5.11 Å². The van der Waals surface area contributed by atoms with Gasteiger partial charge in [-0.1, -0.05) is 34.6 Å². The Balaban J connectivity index is 2.38. The molecule has 0 radical (unpaired) electrons. The second kappa shape index (κ2) is 3.39. The number of rotatable bonds is 2. The minimum Gasteiger partial charge on any atom is -0.384 e. The summed E-state index contributed by atoms with van der Waals surface area (Å²) in [5, 5.41) is 9.96. The zero-order valence-electron chi connectivity index (χ0n) is 7.76. The van der Waals surface area contributed by atoms with Crippen LogP contribution in [0.15, 0.2) is 41.0 Å². The van der Waals surface area contributed by atoms with Gasteiger partial charge in [0.15, 0.2) is 0 Å². The molecule has 1 aliphatic carbocycles. The molecular weight excluding hydrogens is 240 g/mol. The van der Waals surface area contributed by atoms with Crippen molar-refractivity contribution in [3.8, 4) is 0 Å². The highest BCUT2D eigenvalue weighted by molar-refractivity contribution is 9.10. The maximum Gasteiger partial charge on any atom is 0.0975 e. The Bertz CT molecular complexity index is 395. The minimum absolute atomic E-state index is 0.657. The lowest BCUT2D eigenvalue weighted by atomic mass is 10.00. The van der Waals surface area contributed by atoms with Crippen molar-refractivity contribution in [2.24, 2.45) is 0 Å². The van der Waals surface area contributed by atoms with Crippen LogP contribution in [0.2, 0.25) is 0 Å². The van der Waals surface area contributed by atoms with Gasteiger partial charge in [-0.2, -0.15) is 0 Å². The first-order chi connectivity index (χ1) is 6.65. The Kier molecular flexibility index (Phi) is 2.36. The van der Waals surface area contributed by atoms with Gasteiger partial charge in [0.05, 0.1) is 5.60 Å². The second-order valence-electron chi connectivity index (χ2n) is 3.59. The van der Waals surface area contributed by atoms with Crippen LogP contribution < -0.4 is 0 Å². The predicted octanol–water partition coefficient (Wildman–Crippen LogP) is 3.14. The zero-order valence-corrected chi connectivity index (χ0v) is 9.34. The fourth-order valence-electron chi connectivity index (χ4n) is 1.52. The summed E-state index contributed by atoms with van der Waals surface area (Å²) in [6, 6.07) is 7.85. The summed E-state index contributed by atoms with van der Waals surface area (Å²) in [7, 11) is 0. The summed E-state index contributed by atoms with van der Waals surface area (Å²) in [6.45, 7) is 3.63. The lowest BCUT2D eigenvalue weighted by molar-refractivity contribution is 0.212. The summed E-state index contributed by atoms with van der Waals surface area (Å²) in [5.41, 5.74) is 4.01. The molecule has 0 heterocycles. The number of benzene rings is 1. The Labute approximate surface area is 91.9 Å². The molecule has 1 aliphatic rings. The molecule has 72 valence electrons. The standard InChI is InChI=1S/C12H11BrO/c1-2-11(12(14)7-8-12)9-3-5-10(13)6-4-9/h3-6,14H,1,7-8H2. The lowest BCUT2D eigenvalue weighted by Gasteiger charge is -2.10. The molecule has 1 fully saturated rings. The van der Waals surface area contributed by atoms with Crippen molar-refractivity contribution in [1.82, 2.24) is 0 Å². The first kappa shape index (κ1) is 9.72. The fourth-order valence-corrected chi connectivity index (χ4v) is 1.78. The first-order valence-electron chi connectivity index (χ1n) is 4.54. The third-order valence-corrected chi connectivity index (χ3v) is 3.03. The minimum atomic E-state index is -0.657. The third-order valence-electron chi connectivity index (χ3n) is 2.50. The molecule has 2 rings (SSSR count). The average Bonchev–Trinajstić information content (AvgIpc) is 2.89. The maximum atomic E-state index is 9.96. The molecule has 1 nitrogen and oxygen atoms in total. The van der Waals surface area contributed by atoms with Crippen LogP contribution in [0.5, 0.6) is 0 Å². The molecule has 14 heavy (non-hydrogen) atoms. The topological polar surface area (TPSA) is 20.2 Å². The van der Waals surface area contributed by atoms with Gasteiger partial charge >= 0.3 is 0 Å². The number of hydrogen-bond donors (Lipinski definition) is 1. The van der Waals surface area contributed by atoms with E-state index in [1.807, 2.05) is 24.3 Å². The van der Waals surface area contributed by atoms with Gasteiger partial charge in [0.2, 0.25) is 0 Å². The highest BCUT2D eigenvalue weighted by atomic mass is 79.9. The largest absolute Gasteiger partial charge is 0.384 e. The van der Waals surface area contributed by atoms with E-state index in [1.165, 1.54) is 0 Å². The summed E-state index contributed by atoms with van der Waals surface area (Å²) < 4.78 is 1.03. The maximum absolute atomic E-state index is 9.96. The molecule has 0 spiro atoms. The molecule has 0 aliphatic heterocycles. The van der Waals surface area contributed by atoms with Crippen LogP contribution in [-0.2, 0) is 0 Å². The smallest absolute Gasteiger partial charge is 0.0975 e. The second-order valence-corrected chi connectivity index (χ2v) is 4.51. The van der Waals surface area contributed by atoms with Gasteiger partial charge in [-0.15, -0.1) is 5.73 Å². The molecule has 1 aromatic rings. The van der Waals surface area contributed by atoms with Gasteiger partial charge in [-0.05, 0) is 30.5 Å². The van der Waals surface area contributed by atoms with Crippen LogP contribution in [-0.4, -0.2) is 10.7 Å². The van der Waals surface area contributed by atoms with E-state index in [1.54, 1.807) is 0 Å². The van der Waals surface area contributed by atoms with E-state index in [-0.39, 0.29) is 0 Å². The van der Waals surface area contributed by atoms with Crippen molar-refractivity contribution in [2.45, 2.75) is 18.4 Å². The zero-order chi connectivity index (χ0) is 10.2. The molecule has 0 saturated heterocycles. The van der Waals surface area contributed by atoms with E-state index < -0.39 is 5.60 Å². The quantitative estimate of drug-likeness (QED) is 0.800. The van der Waals surface area contributed by atoms with Crippen molar-refractivity contribution in [3.05, 3.63) is 46.6 Å². The Hall–Kier alpha value is -0.820. The molecule has 2 heteroatoms. The Morgan fingerprint density at radius 1 is 1.36 bits per heavy atom. The van der Waals surface area contributed by atoms with Gasteiger partial charge in [-0.3, -0.25) is 0 Å². The SMILES string of the molecule is C=C=C(c1ccc(Br)cc1)C1(O)CC1. The molecule has 0 bridgehead atoms. The van der Waals surface area contributed by atoms with E-state index in [4.69, 9.17) is 0 Å². The first-order valence-corrected chi connectivity index (χ1v) is 5.34. The van der Waals surface area contributed by atoms with E-state index in [9.17, 15) is 5.11 Å². The van der Waals surface area contributed by atoms with E-state index in [2.05, 4.69) is 28.2 Å². The number of aliphatic hydroxyl groups is 1. The van der Waals surface area contributed by atoms with Crippen molar-refractivity contribution in [3.63, 3.8) is 0 Å². The normalized spacial score (nSPS) is 17.3. The van der Waals surface area contributed by atoms with Crippen LogP contribution >= 0.6 is 15.9 Å². The van der Waals surface area contributed by atoms with Crippen molar-refractivity contribution < 1.29 is 5.11 Å². The van der Waals surface area contributed by atoms with Gasteiger partial charge in [0.1, 0.15) is 0 Å². The van der Waals surface area contributed by atoms with Gasteiger partial charge in [0, 0.05) is 10.0 Å². The molecule has 1 saturated carbocycles. The number of halogens is 1. The third kappa shape index (κ3) is 1.69. The Morgan fingerprint density at radius 3 is 2.36 bits per heavy atom. The average molecular weight is 251 g/mol. The highest BCUT2D eigenvalue weighted by Gasteiger charge is 2.44. The molecule has 0 amide bonds. The van der Waals surface area contributed by atoms with Crippen LogP contribution in [0.25, 0.3) is 5.57 Å². The molecular formula is C12H11BrO. The van der Waals surface area contributed by atoms with Crippen LogP contribution in [0.3, 0.4) is 0 Å². The van der Waals surface area contributed by atoms with Crippen molar-refractivity contribution in [1.29, 1.82) is 0 Å². The molecule has 1 N–H and O–H groups in total. The van der Waals surface area contributed by atoms with Crippen molar-refractivity contribution in [2.75, 3.05) is 0 Å². The Morgan fingerprint density at radius 2 is 1.93 bits per heavy atom. The summed E-state index contributed by atoms with van der Waals surface area (Å²) in [5.74, 6) is 0. The van der Waals surface area contributed by atoms with Crippen LogP contribution in [0, 0.1) is 0 Å². The highest BCUT2D eigenvalue weighted by Crippen LogP contribution is 2.46. The van der Waals surface area contributed by atoms with Gasteiger partial charge in [-0.25, -0.2) is 0 Å². The van der Waals surface area contributed by atoms with Crippen LogP contribution in [0.1, 0.15) is 18.4 Å².